The molecule has 3 aromatic carbocycles. The molecule has 0 unspecified atom stereocenters. The zero-order valence-electron chi connectivity index (χ0n) is 22.6. The van der Waals surface area contributed by atoms with E-state index in [0.29, 0.717) is 13.0 Å². The Kier molecular flexibility index (Phi) is 11.3. The second kappa shape index (κ2) is 14.4. The van der Waals surface area contributed by atoms with Gasteiger partial charge in [-0.25, -0.2) is 8.42 Å². The highest BCUT2D eigenvalue weighted by molar-refractivity contribution is 9.10. The van der Waals surface area contributed by atoms with Gasteiger partial charge in [0, 0.05) is 31.0 Å². The van der Waals surface area contributed by atoms with Gasteiger partial charge in [-0.2, -0.15) is 4.31 Å². The summed E-state index contributed by atoms with van der Waals surface area (Å²) in [6, 6.07) is 22.7. The van der Waals surface area contributed by atoms with Gasteiger partial charge in [-0.3, -0.25) is 9.59 Å². The van der Waals surface area contributed by atoms with Gasteiger partial charge in [0.05, 0.1) is 11.4 Å². The summed E-state index contributed by atoms with van der Waals surface area (Å²) in [6.07, 6.45) is 2.05. The van der Waals surface area contributed by atoms with Gasteiger partial charge in [0.25, 0.3) is 0 Å². The zero-order valence-corrected chi connectivity index (χ0v) is 25.0. The van der Waals surface area contributed by atoms with Crippen LogP contribution in [0.3, 0.4) is 0 Å². The number of unbranched alkanes of at least 4 members (excludes halogenated alkanes) is 1. The van der Waals surface area contributed by atoms with E-state index in [9.17, 15) is 18.0 Å². The third-order valence-electron chi connectivity index (χ3n) is 6.45. The summed E-state index contributed by atoms with van der Waals surface area (Å²) in [5, 5.41) is 2.98. The molecule has 0 bridgehead atoms. The monoisotopic (exact) mass is 613 g/mol. The van der Waals surface area contributed by atoms with Crippen LogP contribution in [0.15, 0.2) is 88.2 Å². The summed E-state index contributed by atoms with van der Waals surface area (Å²) in [5.41, 5.74) is 2.67. The van der Waals surface area contributed by atoms with Crippen molar-refractivity contribution in [2.75, 3.05) is 20.1 Å². The van der Waals surface area contributed by atoms with E-state index < -0.39 is 28.5 Å². The average molecular weight is 615 g/mol. The molecule has 9 heteroatoms. The summed E-state index contributed by atoms with van der Waals surface area (Å²) >= 11 is 3.44. The van der Waals surface area contributed by atoms with Crippen LogP contribution < -0.4 is 5.32 Å². The molecule has 3 rings (SSSR count). The Hall–Kier alpha value is -3.01. The van der Waals surface area contributed by atoms with Crippen molar-refractivity contribution in [2.45, 2.75) is 50.6 Å². The number of benzene rings is 3. The molecule has 208 valence electrons. The molecule has 0 spiro atoms. The van der Waals surface area contributed by atoms with Gasteiger partial charge >= 0.3 is 0 Å². The number of nitrogens with one attached hydrogen (secondary N) is 1. The smallest absolute Gasteiger partial charge is 0.243 e. The first-order chi connectivity index (χ1) is 18.6. The minimum absolute atomic E-state index is 0.112. The molecule has 0 aliphatic rings. The molecule has 1 atom stereocenters. The van der Waals surface area contributed by atoms with E-state index in [-0.39, 0.29) is 17.3 Å². The lowest BCUT2D eigenvalue weighted by Gasteiger charge is -2.32. The maximum absolute atomic E-state index is 13.9. The lowest BCUT2D eigenvalue weighted by Crippen LogP contribution is -2.53. The summed E-state index contributed by atoms with van der Waals surface area (Å²) in [5.74, 6) is -0.718. The number of carbonyl (C=O) groups is 2. The third-order valence-corrected chi connectivity index (χ3v) is 8.80. The van der Waals surface area contributed by atoms with E-state index in [2.05, 4.69) is 21.2 Å². The van der Waals surface area contributed by atoms with Crippen LogP contribution in [0.4, 0.5) is 0 Å². The number of nitrogens with zero attached hydrogens (tertiary/aromatic N) is 2. The molecule has 0 fully saturated rings. The predicted octanol–water partition coefficient (Wildman–Crippen LogP) is 4.93. The standard InChI is InChI=1S/C30H36BrN3O4S/c1-4-5-19-32-30(36)28(20-24-9-7-6-8-10-24)34(21-25-13-15-26(31)16-14-25)29(35)22-33(3)39(37,38)27-17-11-23(2)12-18-27/h6-18,28H,4-5,19-22H2,1-3H3,(H,32,36)/t28-/m0/s1. The number of sulfonamides is 1. The SMILES string of the molecule is CCCCNC(=O)[C@H](Cc1ccccc1)N(Cc1ccc(Br)cc1)C(=O)CN(C)S(=O)(=O)c1ccc(C)cc1. The van der Waals surface area contributed by atoms with Crippen molar-refractivity contribution in [1.29, 1.82) is 0 Å². The number of halogens is 1. The quantitative estimate of drug-likeness (QED) is 0.277. The highest BCUT2D eigenvalue weighted by Crippen LogP contribution is 2.19. The molecule has 0 aliphatic heterocycles. The van der Waals surface area contributed by atoms with E-state index in [0.717, 1.165) is 38.3 Å². The molecular formula is C30H36BrN3O4S. The Morgan fingerprint density at radius 2 is 1.56 bits per heavy atom. The summed E-state index contributed by atoms with van der Waals surface area (Å²) in [6.45, 7) is 4.18. The molecule has 0 heterocycles. The van der Waals surface area contributed by atoms with Gasteiger partial charge in [-0.1, -0.05) is 89.4 Å². The Morgan fingerprint density at radius 3 is 2.18 bits per heavy atom. The first-order valence-electron chi connectivity index (χ1n) is 13.0. The molecule has 1 N–H and O–H groups in total. The number of amides is 2. The maximum Gasteiger partial charge on any atom is 0.243 e. The molecule has 0 aliphatic carbocycles. The van der Waals surface area contributed by atoms with Crippen LogP contribution in [0, 0.1) is 6.92 Å². The topological polar surface area (TPSA) is 86.8 Å². The Labute approximate surface area is 240 Å². The van der Waals surface area contributed by atoms with Crippen LogP contribution in [-0.2, 0) is 32.6 Å². The molecule has 0 saturated heterocycles. The second-order valence-corrected chi connectivity index (χ2v) is 12.5. The number of likely N-dealkylation sites (N-methyl/N-ethyl adjacent to an activating group) is 1. The molecule has 2 amide bonds. The van der Waals surface area contributed by atoms with E-state index in [1.54, 1.807) is 12.1 Å². The van der Waals surface area contributed by atoms with Crippen molar-refractivity contribution in [3.8, 4) is 0 Å². The van der Waals surface area contributed by atoms with Crippen LogP contribution >= 0.6 is 15.9 Å². The molecule has 3 aromatic rings. The molecule has 0 aromatic heterocycles. The van der Waals surface area contributed by atoms with Gasteiger partial charge in [-0.15, -0.1) is 0 Å². The maximum atomic E-state index is 13.9. The number of hydrogen-bond acceptors (Lipinski definition) is 4. The van der Waals surface area contributed by atoms with Crippen molar-refractivity contribution in [1.82, 2.24) is 14.5 Å². The Balaban J connectivity index is 1.94. The first-order valence-corrected chi connectivity index (χ1v) is 15.2. The fourth-order valence-corrected chi connectivity index (χ4v) is 5.49. The third kappa shape index (κ3) is 8.74. The van der Waals surface area contributed by atoms with Crippen LogP contribution in [-0.4, -0.2) is 55.6 Å². The summed E-state index contributed by atoms with van der Waals surface area (Å²) < 4.78 is 28.4. The minimum Gasteiger partial charge on any atom is -0.354 e. The van der Waals surface area contributed by atoms with Gasteiger partial charge in [0.2, 0.25) is 21.8 Å². The molecular weight excluding hydrogens is 578 g/mol. The molecule has 0 saturated carbocycles. The van der Waals surface area contributed by atoms with Gasteiger partial charge < -0.3 is 10.2 Å². The van der Waals surface area contributed by atoms with Gasteiger partial charge in [-0.05, 0) is 48.7 Å². The Bertz CT molecular complexity index is 1330. The van der Waals surface area contributed by atoms with E-state index in [1.165, 1.54) is 24.1 Å². The highest BCUT2D eigenvalue weighted by atomic mass is 79.9. The normalized spacial score (nSPS) is 12.2. The lowest BCUT2D eigenvalue weighted by molar-refractivity contribution is -0.141. The molecule has 39 heavy (non-hydrogen) atoms. The van der Waals surface area contributed by atoms with Gasteiger partial charge in [0.1, 0.15) is 6.04 Å². The van der Waals surface area contributed by atoms with Crippen molar-refractivity contribution in [3.63, 3.8) is 0 Å². The van der Waals surface area contributed by atoms with Crippen LogP contribution in [0.5, 0.6) is 0 Å². The average Bonchev–Trinajstić information content (AvgIpc) is 2.92. The van der Waals surface area contributed by atoms with Crippen molar-refractivity contribution >= 4 is 37.8 Å². The summed E-state index contributed by atoms with van der Waals surface area (Å²) in [7, 11) is -2.52. The molecule has 7 nitrogen and oxygen atoms in total. The fourth-order valence-electron chi connectivity index (χ4n) is 4.10. The fraction of sp³-hybridized carbons (Fsp3) is 0.333. The van der Waals surface area contributed by atoms with Crippen molar-refractivity contribution < 1.29 is 18.0 Å². The van der Waals surface area contributed by atoms with Gasteiger partial charge in [0.15, 0.2) is 0 Å². The number of rotatable bonds is 13. The molecule has 0 radical (unpaired) electrons. The van der Waals surface area contributed by atoms with E-state index in [4.69, 9.17) is 0 Å². The predicted molar refractivity (Wildman–Crippen MR) is 158 cm³/mol. The highest BCUT2D eigenvalue weighted by Gasteiger charge is 2.33. The zero-order chi connectivity index (χ0) is 28.4. The van der Waals surface area contributed by atoms with Crippen LogP contribution in [0.2, 0.25) is 0 Å². The van der Waals surface area contributed by atoms with Crippen molar-refractivity contribution in [3.05, 3.63) is 100 Å². The van der Waals surface area contributed by atoms with E-state index >= 15 is 0 Å². The minimum atomic E-state index is -3.91. The van der Waals surface area contributed by atoms with Crippen LogP contribution in [0.25, 0.3) is 0 Å². The first kappa shape index (κ1) is 30.5. The lowest BCUT2D eigenvalue weighted by atomic mass is 10.0. The Morgan fingerprint density at radius 1 is 0.923 bits per heavy atom. The van der Waals surface area contributed by atoms with Crippen molar-refractivity contribution in [2.24, 2.45) is 0 Å². The second-order valence-electron chi connectivity index (χ2n) is 9.57. The number of carbonyl (C=O) groups excluding carboxylic acids is 2. The van der Waals surface area contributed by atoms with E-state index in [1.807, 2.05) is 68.4 Å². The number of hydrogen-bond donors (Lipinski definition) is 1. The van der Waals surface area contributed by atoms with Crippen LogP contribution in [0.1, 0.15) is 36.5 Å². The largest absolute Gasteiger partial charge is 0.354 e. The summed E-state index contributed by atoms with van der Waals surface area (Å²) in [4.78, 5) is 29.0. The number of aryl methyl sites for hydroxylation is 1.